The van der Waals surface area contributed by atoms with Crippen molar-refractivity contribution in [2.24, 2.45) is 5.92 Å². The average Bonchev–Trinajstić information content (AvgIpc) is 0.774. The molecule has 2 aromatic rings. The molecule has 500 valence electrons. The van der Waals surface area contributed by atoms with E-state index in [9.17, 15) is 60.7 Å². The molecule has 1 aliphatic carbocycles. The number of rotatable bonds is 29. The van der Waals surface area contributed by atoms with Crippen LogP contribution in [0, 0.1) is 12.8 Å². The summed E-state index contributed by atoms with van der Waals surface area (Å²) in [6.45, 7) is 15.8. The van der Waals surface area contributed by atoms with Crippen LogP contribution in [0.4, 0.5) is 0 Å². The number of phenolic OH excluding ortho intramolecular Hbond substituents is 2. The number of unbranched alkanes of at least 4 members (excludes halogenated alkanes) is 6. The van der Waals surface area contributed by atoms with Gasteiger partial charge < -0.3 is 108 Å². The third-order valence-electron chi connectivity index (χ3n) is 17.8. The van der Waals surface area contributed by atoms with E-state index in [1.165, 1.54) is 46.4 Å². The lowest BCUT2D eigenvalue weighted by atomic mass is 9.75. The number of aromatic hydroxyl groups is 2. The van der Waals surface area contributed by atoms with Gasteiger partial charge in [0.25, 0.3) is 0 Å². The van der Waals surface area contributed by atoms with Gasteiger partial charge in [-0.05, 0) is 97.7 Å². The average molecular weight is 1260 g/mol. The smallest absolute Gasteiger partial charge is 0.306 e. The second-order valence-corrected chi connectivity index (χ2v) is 25.0. The molecule has 5 aliphatic rings. The number of aliphatic hydroxyl groups is 8. The normalized spacial score (nSPS) is 34.9. The SMILES string of the molecule is CCCCCCCCCC(=O)O[C@@H]1C[C@H](O[C@@H]2C[C@H](Oc3cc4cc5c(c(O)c4c(O)c3C)C(=O)[C@@H](O[C@H]3C[C@@H](O[C@@H](CC)OC(C)[C@H](O)CO[C@H]4C[C@](C)(O)[C@H](O)C(C)O4)[C@H](O)C(C)O3)[C@H]([C@H](OC)C(=O)[C@@H](O)[C@@H](C)O)C5)OC(C)[C@H]2O)OC(C)[C@H]1O. The molecule has 0 radical (unpaired) electrons. The van der Waals surface area contributed by atoms with Gasteiger partial charge in [0.15, 0.2) is 36.7 Å². The Labute approximate surface area is 514 Å². The molecule has 25 heteroatoms. The van der Waals surface area contributed by atoms with Crippen LogP contribution >= 0.6 is 0 Å². The number of carbonyl (C=O) groups is 3. The van der Waals surface area contributed by atoms with Crippen LogP contribution in [0.15, 0.2) is 12.1 Å². The van der Waals surface area contributed by atoms with Gasteiger partial charge >= 0.3 is 5.97 Å². The lowest BCUT2D eigenvalue weighted by Gasteiger charge is -2.43. The highest BCUT2D eigenvalue weighted by molar-refractivity contribution is 6.11. The fourth-order valence-electron chi connectivity index (χ4n) is 12.4. The molecule has 4 heterocycles. The third kappa shape index (κ3) is 17.3. The van der Waals surface area contributed by atoms with Crippen LogP contribution in [-0.4, -0.2) is 223 Å². The molecule has 4 aliphatic heterocycles. The zero-order chi connectivity index (χ0) is 64.6. The lowest BCUT2D eigenvalue weighted by Crippen LogP contribution is -2.55. The fourth-order valence-corrected chi connectivity index (χ4v) is 12.4. The van der Waals surface area contributed by atoms with Crippen molar-refractivity contribution < 1.29 is 122 Å². The monoisotopic (exact) mass is 1250 g/mol. The van der Waals surface area contributed by atoms with Gasteiger partial charge in [-0.3, -0.25) is 14.4 Å². The predicted octanol–water partition coefficient (Wildman–Crippen LogP) is 4.08. The predicted molar refractivity (Wildman–Crippen MR) is 312 cm³/mol. The van der Waals surface area contributed by atoms with Crippen molar-refractivity contribution in [2.75, 3.05) is 13.7 Å². The molecule has 25 nitrogen and oxygen atoms in total. The number of fused-ring (bicyclic) bond motifs is 2. The van der Waals surface area contributed by atoms with Gasteiger partial charge in [0.1, 0.15) is 72.2 Å². The molecule has 0 amide bonds. The van der Waals surface area contributed by atoms with E-state index < -0.39 is 176 Å². The van der Waals surface area contributed by atoms with Gasteiger partial charge in [-0.25, -0.2) is 0 Å². The van der Waals surface area contributed by atoms with Crippen molar-refractivity contribution in [3.63, 3.8) is 0 Å². The lowest BCUT2D eigenvalue weighted by molar-refractivity contribution is -0.299. The molecular formula is C63H98O25. The molecule has 0 spiro atoms. The molecule has 4 fully saturated rings. The first-order chi connectivity index (χ1) is 41.6. The number of aliphatic hydroxyl groups excluding tert-OH is 7. The zero-order valence-corrected chi connectivity index (χ0v) is 52.6. The number of methoxy groups -OCH3 is 1. The summed E-state index contributed by atoms with van der Waals surface area (Å²) in [5.41, 5.74) is -1.42. The number of ketones is 2. The number of benzene rings is 2. The molecule has 24 atom stereocenters. The minimum absolute atomic E-state index is 0.00623. The molecule has 2 aromatic carbocycles. The van der Waals surface area contributed by atoms with Crippen molar-refractivity contribution in [3.8, 4) is 17.2 Å². The first-order valence-corrected chi connectivity index (χ1v) is 31.4. The topological polar surface area (TPSA) is 364 Å². The van der Waals surface area contributed by atoms with Crippen molar-refractivity contribution in [3.05, 3.63) is 28.8 Å². The Kier molecular flexibility index (Phi) is 25.8. The number of hydrogen-bond acceptors (Lipinski definition) is 25. The molecule has 0 bridgehead atoms. The number of carbonyl (C=O) groups excluding carboxylic acids is 3. The van der Waals surface area contributed by atoms with Gasteiger partial charge in [0.2, 0.25) is 6.29 Å². The summed E-state index contributed by atoms with van der Waals surface area (Å²) in [5, 5.41) is 111. The van der Waals surface area contributed by atoms with Crippen LogP contribution in [-0.2, 0) is 68.1 Å². The Morgan fingerprint density at radius 2 is 1.33 bits per heavy atom. The van der Waals surface area contributed by atoms with Crippen molar-refractivity contribution in [1.82, 2.24) is 0 Å². The number of phenols is 2. The quantitative estimate of drug-likeness (QED) is 0.0312. The van der Waals surface area contributed by atoms with Crippen LogP contribution in [0.25, 0.3) is 10.8 Å². The number of hydrogen-bond donors (Lipinski definition) is 10. The van der Waals surface area contributed by atoms with Gasteiger partial charge in [0.05, 0.1) is 72.0 Å². The first-order valence-electron chi connectivity index (χ1n) is 31.4. The summed E-state index contributed by atoms with van der Waals surface area (Å²) in [4.78, 5) is 42.0. The van der Waals surface area contributed by atoms with E-state index in [0.717, 1.165) is 32.1 Å². The van der Waals surface area contributed by atoms with Crippen LogP contribution < -0.4 is 4.74 Å². The van der Waals surface area contributed by atoms with Crippen molar-refractivity contribution in [1.29, 1.82) is 0 Å². The van der Waals surface area contributed by atoms with E-state index in [1.807, 2.05) is 0 Å². The molecule has 7 rings (SSSR count). The Morgan fingerprint density at radius 1 is 0.750 bits per heavy atom. The van der Waals surface area contributed by atoms with Crippen LogP contribution in [0.1, 0.15) is 167 Å². The minimum atomic E-state index is -1.95. The molecule has 88 heavy (non-hydrogen) atoms. The molecular weight excluding hydrogens is 1160 g/mol. The summed E-state index contributed by atoms with van der Waals surface area (Å²) in [5.74, 6) is -4.50. The summed E-state index contributed by atoms with van der Waals surface area (Å²) in [6, 6.07) is 3.05. The van der Waals surface area contributed by atoms with E-state index in [1.54, 1.807) is 41.5 Å². The molecule has 0 saturated carbocycles. The van der Waals surface area contributed by atoms with Crippen molar-refractivity contribution in [2.45, 2.75) is 300 Å². The van der Waals surface area contributed by atoms with Crippen LogP contribution in [0.2, 0.25) is 0 Å². The largest absolute Gasteiger partial charge is 0.507 e. The van der Waals surface area contributed by atoms with Crippen molar-refractivity contribution >= 4 is 28.3 Å². The van der Waals surface area contributed by atoms with E-state index in [2.05, 4.69) is 6.92 Å². The molecule has 4 saturated heterocycles. The van der Waals surface area contributed by atoms with Gasteiger partial charge in [-0.2, -0.15) is 0 Å². The summed E-state index contributed by atoms with van der Waals surface area (Å²) in [6.07, 6.45) is -18.1. The maximum atomic E-state index is 15.1. The summed E-state index contributed by atoms with van der Waals surface area (Å²) < 4.78 is 72.6. The van der Waals surface area contributed by atoms with Crippen LogP contribution in [0.3, 0.4) is 0 Å². The Hall–Kier alpha value is -3.81. The second-order valence-electron chi connectivity index (χ2n) is 25.0. The maximum absolute atomic E-state index is 15.1. The fraction of sp³-hybridized carbons (Fsp3) is 0.794. The zero-order valence-electron chi connectivity index (χ0n) is 52.6. The molecule has 0 aromatic heterocycles. The van der Waals surface area contributed by atoms with Gasteiger partial charge in [0, 0.05) is 50.7 Å². The number of esters is 1. The maximum Gasteiger partial charge on any atom is 0.306 e. The van der Waals surface area contributed by atoms with E-state index in [4.69, 9.17) is 56.8 Å². The van der Waals surface area contributed by atoms with E-state index in [0.29, 0.717) is 6.42 Å². The highest BCUT2D eigenvalue weighted by atomic mass is 16.7. The van der Waals surface area contributed by atoms with Gasteiger partial charge in [-0.1, -0.05) is 52.4 Å². The Bertz CT molecular complexity index is 2600. The summed E-state index contributed by atoms with van der Waals surface area (Å²) in [7, 11) is 1.19. The first kappa shape index (κ1) is 71.6. The van der Waals surface area contributed by atoms with Crippen LogP contribution in [0.5, 0.6) is 17.2 Å². The molecule has 5 unspecified atom stereocenters. The number of Topliss-reactive ketones (excluding diaryl/α,β-unsaturated/α-hetero) is 2. The Balaban J connectivity index is 1.07. The van der Waals surface area contributed by atoms with E-state index in [-0.39, 0.29) is 84.8 Å². The van der Waals surface area contributed by atoms with E-state index >= 15 is 4.79 Å². The Morgan fingerprint density at radius 3 is 1.95 bits per heavy atom. The number of ether oxygens (including phenoxy) is 12. The highest BCUT2D eigenvalue weighted by Gasteiger charge is 2.51. The second kappa shape index (κ2) is 31.7. The molecule has 10 N–H and O–H groups in total. The minimum Gasteiger partial charge on any atom is -0.507 e. The van der Waals surface area contributed by atoms with Gasteiger partial charge in [-0.15, -0.1) is 0 Å². The summed E-state index contributed by atoms with van der Waals surface area (Å²) >= 11 is 0. The standard InChI is InChI=1S/C63H98O25/c1-12-14-15-16-17-18-19-20-44(66)84-41-24-47(81-32(6)54(41)69)87-43-25-46(80-33(7)56(43)71)85-40-23-37-21-36-22-38(60(77-11)59(74)53(68)30(4)64)61(58(73)51(36)57(72)50(37)52(67)29(40)3)88-48-26-42(55(70)34(8)82-48)86-45(13-2)79-31(5)39(65)28-78-49-27-63(10,76)62(75)35(9)83-49/h21,23,30-35,38-39,41-43,45-49,53-56,60-62,64-65,67-72,75-76H,12-20,22,24-28H2,1-11H3/t30-,31?,32?,33?,34?,35?,38+,39-,41-,42-,43-,45+,46+,47+,48+,49-,53+,54-,55-,56-,60+,61+,62-,63+/m1/s1. The third-order valence-corrected chi connectivity index (χ3v) is 17.8. The highest BCUT2D eigenvalue weighted by Crippen LogP contribution is 2.47.